The van der Waals surface area contributed by atoms with E-state index in [0.717, 1.165) is 31.2 Å². The van der Waals surface area contributed by atoms with Crippen LogP contribution in [0.5, 0.6) is 0 Å². The summed E-state index contributed by atoms with van der Waals surface area (Å²) in [6.45, 7) is 1.23. The summed E-state index contributed by atoms with van der Waals surface area (Å²) < 4.78 is 13.0. The summed E-state index contributed by atoms with van der Waals surface area (Å²) in [7, 11) is 0. The van der Waals surface area contributed by atoms with Crippen LogP contribution in [0.2, 0.25) is 0 Å². The van der Waals surface area contributed by atoms with E-state index in [4.69, 9.17) is 0 Å². The van der Waals surface area contributed by atoms with Crippen LogP contribution in [0.1, 0.15) is 29.6 Å². The van der Waals surface area contributed by atoms with Gasteiger partial charge in [-0.15, -0.1) is 0 Å². The third-order valence-electron chi connectivity index (χ3n) is 3.05. The zero-order valence-electron chi connectivity index (χ0n) is 10.9. The maximum atomic E-state index is 13.0. The zero-order valence-corrected chi connectivity index (χ0v) is 10.9. The van der Waals surface area contributed by atoms with Gasteiger partial charge in [0.05, 0.1) is 11.0 Å². The number of hydrogen-bond acceptors (Lipinski definition) is 4. The maximum Gasteiger partial charge on any atom is 0.285 e. The van der Waals surface area contributed by atoms with E-state index in [9.17, 15) is 19.3 Å². The fourth-order valence-electron chi connectivity index (χ4n) is 1.83. The number of amides is 1. The van der Waals surface area contributed by atoms with Gasteiger partial charge < -0.3 is 10.6 Å². The summed E-state index contributed by atoms with van der Waals surface area (Å²) >= 11 is 0. The van der Waals surface area contributed by atoms with E-state index in [1.54, 1.807) is 0 Å². The van der Waals surface area contributed by atoms with Crippen molar-refractivity contribution in [2.75, 3.05) is 13.1 Å². The lowest BCUT2D eigenvalue weighted by Gasteiger charge is -2.06. The predicted octanol–water partition coefficient (Wildman–Crippen LogP) is 1.61. The van der Waals surface area contributed by atoms with Gasteiger partial charge in [-0.25, -0.2) is 4.39 Å². The van der Waals surface area contributed by atoms with Crippen LogP contribution < -0.4 is 10.6 Å². The number of carbonyl (C=O) groups excluding carboxylic acids is 1. The second kappa shape index (κ2) is 6.42. The van der Waals surface area contributed by atoms with Gasteiger partial charge in [-0.3, -0.25) is 14.9 Å². The molecule has 2 rings (SSSR count). The van der Waals surface area contributed by atoms with Crippen molar-refractivity contribution in [3.8, 4) is 0 Å². The lowest BCUT2D eigenvalue weighted by atomic mass is 10.1. The van der Waals surface area contributed by atoms with E-state index in [1.165, 1.54) is 12.8 Å². The highest BCUT2D eigenvalue weighted by Crippen LogP contribution is 2.20. The Bertz CT molecular complexity index is 518. The molecule has 0 heterocycles. The van der Waals surface area contributed by atoms with Gasteiger partial charge in [0.1, 0.15) is 11.4 Å². The average molecular weight is 281 g/mol. The summed E-state index contributed by atoms with van der Waals surface area (Å²) in [5.41, 5.74) is -0.634. The van der Waals surface area contributed by atoms with Crippen LogP contribution in [-0.4, -0.2) is 30.0 Å². The number of nitro benzene ring substituents is 1. The second-order valence-corrected chi connectivity index (χ2v) is 4.76. The molecule has 0 spiro atoms. The van der Waals surface area contributed by atoms with Gasteiger partial charge >= 0.3 is 0 Å². The van der Waals surface area contributed by atoms with Crippen LogP contribution in [-0.2, 0) is 0 Å². The minimum atomic E-state index is -0.757. The summed E-state index contributed by atoms with van der Waals surface area (Å²) in [5.74, 6) is -1.29. The van der Waals surface area contributed by atoms with E-state index in [-0.39, 0.29) is 5.56 Å². The van der Waals surface area contributed by atoms with Crippen molar-refractivity contribution < 1.29 is 14.1 Å². The fourth-order valence-corrected chi connectivity index (χ4v) is 1.83. The Balaban J connectivity index is 1.85. The van der Waals surface area contributed by atoms with Crippen LogP contribution in [0, 0.1) is 15.9 Å². The Hall–Kier alpha value is -2.02. The summed E-state index contributed by atoms with van der Waals surface area (Å²) in [4.78, 5) is 21.9. The van der Waals surface area contributed by atoms with Crippen molar-refractivity contribution >= 4 is 11.6 Å². The van der Waals surface area contributed by atoms with Crippen molar-refractivity contribution in [2.24, 2.45) is 0 Å². The first-order valence-electron chi connectivity index (χ1n) is 6.53. The smallest absolute Gasteiger partial charge is 0.285 e. The minimum Gasteiger partial charge on any atom is -0.352 e. The normalized spacial score (nSPS) is 14.1. The number of hydrogen-bond donors (Lipinski definition) is 2. The van der Waals surface area contributed by atoms with Gasteiger partial charge in [-0.1, -0.05) is 0 Å². The first-order chi connectivity index (χ1) is 9.58. The van der Waals surface area contributed by atoms with Gasteiger partial charge in [-0.2, -0.15) is 0 Å². The Morgan fingerprint density at radius 2 is 2.15 bits per heavy atom. The summed E-state index contributed by atoms with van der Waals surface area (Å²) in [6.07, 6.45) is 3.15. The molecule has 7 heteroatoms. The van der Waals surface area contributed by atoms with Gasteiger partial charge in [-0.05, 0) is 37.9 Å². The largest absolute Gasteiger partial charge is 0.352 e. The Morgan fingerprint density at radius 3 is 2.80 bits per heavy atom. The topological polar surface area (TPSA) is 84.3 Å². The van der Waals surface area contributed by atoms with E-state index in [2.05, 4.69) is 10.6 Å². The molecule has 20 heavy (non-hydrogen) atoms. The molecule has 0 radical (unpaired) electrons. The van der Waals surface area contributed by atoms with Gasteiger partial charge in [0, 0.05) is 12.6 Å². The maximum absolute atomic E-state index is 13.0. The number of nitro groups is 1. The molecule has 0 unspecified atom stereocenters. The molecule has 2 N–H and O–H groups in total. The number of carbonyl (C=O) groups is 1. The molecule has 1 saturated carbocycles. The number of nitrogens with zero attached hydrogens (tertiary/aromatic N) is 1. The molecule has 6 nitrogen and oxygen atoms in total. The van der Waals surface area contributed by atoms with Crippen LogP contribution in [0.4, 0.5) is 10.1 Å². The number of nitrogens with one attached hydrogen (secondary N) is 2. The molecule has 0 aromatic heterocycles. The number of halogens is 1. The molecule has 0 saturated heterocycles. The number of rotatable bonds is 7. The van der Waals surface area contributed by atoms with Crippen molar-refractivity contribution in [3.05, 3.63) is 39.7 Å². The summed E-state index contributed by atoms with van der Waals surface area (Å²) in [5, 5.41) is 16.7. The minimum absolute atomic E-state index is 0.119. The van der Waals surface area contributed by atoms with E-state index in [0.29, 0.717) is 12.6 Å². The standard InChI is InChI=1S/C13H16FN3O3/c14-9-2-5-11(12(8-9)17(19)20)13(18)16-7-1-6-15-10-3-4-10/h2,5,8,10,15H,1,3-4,6-7H2,(H,16,18). The lowest BCUT2D eigenvalue weighted by molar-refractivity contribution is -0.385. The summed E-state index contributed by atoms with van der Waals surface area (Å²) in [6, 6.07) is 3.54. The van der Waals surface area contributed by atoms with Crippen molar-refractivity contribution in [1.29, 1.82) is 0 Å². The molecule has 1 amide bonds. The first-order valence-corrected chi connectivity index (χ1v) is 6.53. The molecule has 1 aromatic rings. The van der Waals surface area contributed by atoms with E-state index >= 15 is 0 Å². The van der Waals surface area contributed by atoms with Crippen molar-refractivity contribution in [1.82, 2.24) is 10.6 Å². The Kier molecular flexibility index (Phi) is 4.62. The van der Waals surface area contributed by atoms with Crippen molar-refractivity contribution in [2.45, 2.75) is 25.3 Å². The molecule has 1 fully saturated rings. The zero-order chi connectivity index (χ0) is 14.5. The van der Waals surface area contributed by atoms with Gasteiger partial charge in [0.15, 0.2) is 0 Å². The monoisotopic (exact) mass is 281 g/mol. The van der Waals surface area contributed by atoms with E-state index < -0.39 is 22.3 Å². The Morgan fingerprint density at radius 1 is 1.40 bits per heavy atom. The SMILES string of the molecule is O=C(NCCCNC1CC1)c1ccc(F)cc1[N+](=O)[O-]. The molecule has 1 aliphatic carbocycles. The highest BCUT2D eigenvalue weighted by Gasteiger charge is 2.21. The molecule has 0 aliphatic heterocycles. The molecule has 108 valence electrons. The first kappa shape index (κ1) is 14.4. The number of benzene rings is 1. The van der Waals surface area contributed by atoms with Crippen LogP contribution in [0.25, 0.3) is 0 Å². The molecular weight excluding hydrogens is 265 g/mol. The van der Waals surface area contributed by atoms with Gasteiger partial charge in [0.25, 0.3) is 11.6 Å². The molecule has 0 atom stereocenters. The molecular formula is C13H16FN3O3. The van der Waals surface area contributed by atoms with Crippen LogP contribution in [0.3, 0.4) is 0 Å². The second-order valence-electron chi connectivity index (χ2n) is 4.76. The van der Waals surface area contributed by atoms with Crippen molar-refractivity contribution in [3.63, 3.8) is 0 Å². The molecule has 0 bridgehead atoms. The van der Waals surface area contributed by atoms with Crippen LogP contribution in [0.15, 0.2) is 18.2 Å². The van der Waals surface area contributed by atoms with Gasteiger partial charge in [0.2, 0.25) is 0 Å². The third kappa shape index (κ3) is 3.99. The fraction of sp³-hybridized carbons (Fsp3) is 0.462. The third-order valence-corrected chi connectivity index (χ3v) is 3.05. The quantitative estimate of drug-likeness (QED) is 0.452. The lowest BCUT2D eigenvalue weighted by Crippen LogP contribution is -2.28. The average Bonchev–Trinajstić information content (AvgIpc) is 3.22. The predicted molar refractivity (Wildman–Crippen MR) is 71.0 cm³/mol. The molecule has 1 aliphatic rings. The highest BCUT2D eigenvalue weighted by molar-refractivity contribution is 5.98. The molecule has 1 aromatic carbocycles. The van der Waals surface area contributed by atoms with Crippen LogP contribution >= 0.6 is 0 Å². The van der Waals surface area contributed by atoms with E-state index in [1.807, 2.05) is 0 Å². The Labute approximate surface area is 115 Å². The highest BCUT2D eigenvalue weighted by atomic mass is 19.1.